The lowest BCUT2D eigenvalue weighted by atomic mass is 10.4. The van der Waals surface area contributed by atoms with Crippen LogP contribution in [0.4, 0.5) is 11.6 Å². The van der Waals surface area contributed by atoms with Gasteiger partial charge in [0.1, 0.15) is 12.4 Å². The van der Waals surface area contributed by atoms with Crippen LogP contribution in [0.1, 0.15) is 0 Å². The minimum Gasteiger partial charge on any atom is -0.389 e. The maximum atomic E-state index is 10.3. The summed E-state index contributed by atoms with van der Waals surface area (Å²) < 4.78 is 4.72. The number of hydrogen-bond acceptors (Lipinski definition) is 7. The van der Waals surface area contributed by atoms with Crippen LogP contribution >= 0.6 is 0 Å². The molecule has 0 fully saturated rings. The SMILES string of the molecule is COCC(O)CNc1ncc([N+](=O)[O-])cn1. The molecule has 8 nitrogen and oxygen atoms in total. The third-order valence-corrected chi connectivity index (χ3v) is 1.70. The van der Waals surface area contributed by atoms with E-state index in [0.29, 0.717) is 0 Å². The smallest absolute Gasteiger partial charge is 0.305 e. The molecule has 88 valence electrons. The van der Waals surface area contributed by atoms with Gasteiger partial charge in [-0.15, -0.1) is 0 Å². The first-order valence-electron chi connectivity index (χ1n) is 4.50. The lowest BCUT2D eigenvalue weighted by Gasteiger charge is -2.09. The Hall–Kier alpha value is -1.80. The van der Waals surface area contributed by atoms with E-state index in [1.165, 1.54) is 7.11 Å². The Kier molecular flexibility index (Phi) is 4.55. The van der Waals surface area contributed by atoms with Crippen LogP contribution < -0.4 is 5.32 Å². The third kappa shape index (κ3) is 3.75. The van der Waals surface area contributed by atoms with Crippen molar-refractivity contribution in [3.8, 4) is 0 Å². The number of nitrogens with zero attached hydrogens (tertiary/aromatic N) is 3. The number of anilines is 1. The molecule has 16 heavy (non-hydrogen) atoms. The highest BCUT2D eigenvalue weighted by molar-refractivity contribution is 5.30. The Morgan fingerprint density at radius 2 is 2.25 bits per heavy atom. The zero-order valence-electron chi connectivity index (χ0n) is 8.66. The van der Waals surface area contributed by atoms with Crippen molar-refractivity contribution in [3.05, 3.63) is 22.5 Å². The normalized spacial score (nSPS) is 12.1. The lowest BCUT2D eigenvalue weighted by molar-refractivity contribution is -0.385. The first kappa shape index (κ1) is 12.3. The standard InChI is InChI=1S/C8H12N4O4/c1-16-5-7(13)4-11-8-9-2-6(3-10-8)12(14)15/h2-3,7,13H,4-5H2,1H3,(H,9,10,11). The van der Waals surface area contributed by atoms with Gasteiger partial charge in [0.2, 0.25) is 5.95 Å². The monoisotopic (exact) mass is 228 g/mol. The summed E-state index contributed by atoms with van der Waals surface area (Å²) in [5, 5.41) is 22.3. The third-order valence-electron chi connectivity index (χ3n) is 1.70. The van der Waals surface area contributed by atoms with Gasteiger partial charge in [-0.3, -0.25) is 10.1 Å². The van der Waals surface area contributed by atoms with E-state index in [2.05, 4.69) is 15.3 Å². The van der Waals surface area contributed by atoms with Gasteiger partial charge in [-0.1, -0.05) is 0 Å². The molecule has 0 saturated heterocycles. The summed E-state index contributed by atoms with van der Waals surface area (Å²) >= 11 is 0. The van der Waals surface area contributed by atoms with Crippen molar-refractivity contribution in [2.75, 3.05) is 25.6 Å². The second-order valence-electron chi connectivity index (χ2n) is 3.01. The molecule has 0 bridgehead atoms. The highest BCUT2D eigenvalue weighted by atomic mass is 16.6. The van der Waals surface area contributed by atoms with E-state index in [1.807, 2.05) is 0 Å². The van der Waals surface area contributed by atoms with E-state index in [-0.39, 0.29) is 24.8 Å². The van der Waals surface area contributed by atoms with Crippen LogP contribution in [0.3, 0.4) is 0 Å². The average molecular weight is 228 g/mol. The summed E-state index contributed by atoms with van der Waals surface area (Å²) in [7, 11) is 1.48. The van der Waals surface area contributed by atoms with Crippen molar-refractivity contribution in [2.24, 2.45) is 0 Å². The molecule has 0 radical (unpaired) electrons. The minimum absolute atomic E-state index is 0.178. The zero-order valence-corrected chi connectivity index (χ0v) is 8.66. The molecular formula is C8H12N4O4. The van der Waals surface area contributed by atoms with Gasteiger partial charge in [0, 0.05) is 13.7 Å². The van der Waals surface area contributed by atoms with Crippen LogP contribution in [0.25, 0.3) is 0 Å². The van der Waals surface area contributed by atoms with Gasteiger partial charge in [0.05, 0.1) is 17.6 Å². The van der Waals surface area contributed by atoms with Crippen LogP contribution in [0, 0.1) is 10.1 Å². The van der Waals surface area contributed by atoms with Crippen LogP contribution in [0.5, 0.6) is 0 Å². The number of aromatic nitrogens is 2. The Balaban J connectivity index is 2.46. The second-order valence-corrected chi connectivity index (χ2v) is 3.01. The molecular weight excluding hydrogens is 216 g/mol. The van der Waals surface area contributed by atoms with Crippen LogP contribution in [0.2, 0.25) is 0 Å². The van der Waals surface area contributed by atoms with E-state index in [4.69, 9.17) is 4.74 Å². The van der Waals surface area contributed by atoms with Crippen LogP contribution in [-0.4, -0.2) is 46.4 Å². The Morgan fingerprint density at radius 3 is 2.75 bits per heavy atom. The van der Waals surface area contributed by atoms with Gasteiger partial charge in [0.25, 0.3) is 0 Å². The van der Waals surface area contributed by atoms with Crippen molar-refractivity contribution in [2.45, 2.75) is 6.10 Å². The van der Waals surface area contributed by atoms with Gasteiger partial charge < -0.3 is 15.2 Å². The highest BCUT2D eigenvalue weighted by Crippen LogP contribution is 2.07. The van der Waals surface area contributed by atoms with Gasteiger partial charge in [-0.2, -0.15) is 0 Å². The molecule has 0 aliphatic carbocycles. The summed E-state index contributed by atoms with van der Waals surface area (Å²) in [5.74, 6) is 0.223. The Bertz CT molecular complexity index is 342. The highest BCUT2D eigenvalue weighted by Gasteiger charge is 2.07. The molecule has 0 spiro atoms. The molecule has 1 aromatic rings. The molecule has 0 saturated carbocycles. The van der Waals surface area contributed by atoms with Gasteiger partial charge >= 0.3 is 5.69 Å². The summed E-state index contributed by atoms with van der Waals surface area (Å²) in [6.45, 7) is 0.408. The Morgan fingerprint density at radius 1 is 1.62 bits per heavy atom. The molecule has 1 rings (SSSR count). The predicted octanol–water partition coefficient (Wildman–Crippen LogP) is -0.196. The first-order valence-corrected chi connectivity index (χ1v) is 4.50. The maximum Gasteiger partial charge on any atom is 0.305 e. The van der Waals surface area contributed by atoms with Gasteiger partial charge in [-0.25, -0.2) is 9.97 Å². The summed E-state index contributed by atoms with van der Waals surface area (Å²) in [6, 6.07) is 0. The fourth-order valence-corrected chi connectivity index (χ4v) is 0.967. The van der Waals surface area contributed by atoms with Gasteiger partial charge in [0.15, 0.2) is 0 Å². The fourth-order valence-electron chi connectivity index (χ4n) is 0.967. The molecule has 0 aliphatic rings. The van der Waals surface area contributed by atoms with Crippen LogP contribution in [-0.2, 0) is 4.74 Å². The fraction of sp³-hybridized carbons (Fsp3) is 0.500. The largest absolute Gasteiger partial charge is 0.389 e. The van der Waals surface area contributed by atoms with E-state index in [9.17, 15) is 15.2 Å². The van der Waals surface area contributed by atoms with Gasteiger partial charge in [-0.05, 0) is 0 Å². The summed E-state index contributed by atoms with van der Waals surface area (Å²) in [4.78, 5) is 17.2. The van der Waals surface area contributed by atoms with E-state index < -0.39 is 11.0 Å². The number of hydrogen-bond donors (Lipinski definition) is 2. The topological polar surface area (TPSA) is 110 Å². The maximum absolute atomic E-state index is 10.3. The average Bonchev–Trinajstić information content (AvgIpc) is 2.27. The summed E-state index contributed by atoms with van der Waals surface area (Å²) in [5.41, 5.74) is -0.178. The second kappa shape index (κ2) is 5.93. The Labute approximate surface area is 91.4 Å². The van der Waals surface area contributed by atoms with Crippen molar-refractivity contribution in [1.82, 2.24) is 9.97 Å². The minimum atomic E-state index is -0.677. The number of rotatable bonds is 6. The van der Waals surface area contributed by atoms with Crippen LogP contribution in [0.15, 0.2) is 12.4 Å². The van der Waals surface area contributed by atoms with Crippen molar-refractivity contribution >= 4 is 11.6 Å². The molecule has 0 amide bonds. The molecule has 1 unspecified atom stereocenters. The molecule has 0 aromatic carbocycles. The molecule has 1 heterocycles. The van der Waals surface area contributed by atoms with E-state index in [1.54, 1.807) is 0 Å². The van der Waals surface area contributed by atoms with Crippen molar-refractivity contribution < 1.29 is 14.8 Å². The van der Waals surface area contributed by atoms with E-state index in [0.717, 1.165) is 12.4 Å². The van der Waals surface area contributed by atoms with Crippen molar-refractivity contribution in [1.29, 1.82) is 0 Å². The molecule has 0 aliphatic heterocycles. The first-order chi connectivity index (χ1) is 7.63. The van der Waals surface area contributed by atoms with Crippen molar-refractivity contribution in [3.63, 3.8) is 0 Å². The summed E-state index contributed by atoms with van der Waals surface area (Å²) in [6.07, 6.45) is 1.51. The molecule has 2 N–H and O–H groups in total. The number of ether oxygens (including phenoxy) is 1. The van der Waals surface area contributed by atoms with E-state index >= 15 is 0 Å². The number of nitro groups is 1. The lowest BCUT2D eigenvalue weighted by Crippen LogP contribution is -2.24. The molecule has 8 heteroatoms. The number of nitrogens with one attached hydrogen (secondary N) is 1. The predicted molar refractivity (Wildman–Crippen MR) is 55.1 cm³/mol. The number of aliphatic hydroxyl groups is 1. The zero-order chi connectivity index (χ0) is 12.0. The molecule has 1 atom stereocenters. The number of methoxy groups -OCH3 is 1. The number of aliphatic hydroxyl groups excluding tert-OH is 1. The molecule has 1 aromatic heterocycles. The quantitative estimate of drug-likeness (QED) is 0.512.